The molecule has 0 fully saturated rings. The van der Waals surface area contributed by atoms with Crippen molar-refractivity contribution >= 4 is 23.4 Å². The average Bonchev–Trinajstić information content (AvgIpc) is 2.95. The van der Waals surface area contributed by atoms with E-state index in [9.17, 15) is 4.79 Å². The van der Waals surface area contributed by atoms with Gasteiger partial charge in [0.1, 0.15) is 17.3 Å². The lowest BCUT2D eigenvalue weighted by atomic mass is 10.2. The summed E-state index contributed by atoms with van der Waals surface area (Å²) in [6.45, 7) is 6.51. The first-order valence-corrected chi connectivity index (χ1v) is 9.80. The maximum Gasteiger partial charge on any atom is 0.234 e. The second-order valence-electron chi connectivity index (χ2n) is 5.91. The molecule has 1 N–H and O–H groups in total. The molecule has 1 aromatic carbocycles. The highest BCUT2D eigenvalue weighted by molar-refractivity contribution is 7.99. The van der Waals surface area contributed by atoms with Crippen molar-refractivity contribution in [2.45, 2.75) is 39.4 Å². The zero-order chi connectivity index (χ0) is 18.9. The van der Waals surface area contributed by atoms with E-state index in [2.05, 4.69) is 17.4 Å². The van der Waals surface area contributed by atoms with Gasteiger partial charge in [0.15, 0.2) is 0 Å². The van der Waals surface area contributed by atoms with Crippen LogP contribution in [0.4, 0.5) is 5.69 Å². The van der Waals surface area contributed by atoms with Crippen LogP contribution in [0.5, 0.6) is 11.5 Å². The fraction of sp³-hybridized carbons (Fsp3) is 0.474. The number of amides is 1. The molecule has 0 radical (unpaired) electrons. The molecule has 0 aliphatic rings. The smallest absolute Gasteiger partial charge is 0.234 e. The first-order chi connectivity index (χ1) is 12.5. The summed E-state index contributed by atoms with van der Waals surface area (Å²) in [6, 6.07) is 5.42. The summed E-state index contributed by atoms with van der Waals surface area (Å²) in [4.78, 5) is 12.3. The number of unbranched alkanes of at least 4 members (excludes halogenated alkanes) is 1. The lowest BCUT2D eigenvalue weighted by molar-refractivity contribution is -0.113. The van der Waals surface area contributed by atoms with Crippen molar-refractivity contribution in [2.24, 2.45) is 0 Å². The number of anilines is 1. The van der Waals surface area contributed by atoms with Crippen molar-refractivity contribution in [2.75, 3.05) is 24.8 Å². The van der Waals surface area contributed by atoms with Gasteiger partial charge < -0.3 is 19.3 Å². The number of nitrogens with one attached hydrogen (secondary N) is 1. The summed E-state index contributed by atoms with van der Waals surface area (Å²) in [6.07, 6.45) is 2.02. The lowest BCUT2D eigenvalue weighted by Crippen LogP contribution is -2.15. The van der Waals surface area contributed by atoms with Gasteiger partial charge in [-0.05, 0) is 32.4 Å². The normalized spacial score (nSPS) is 10.6. The molecule has 0 atom stereocenters. The first-order valence-electron chi connectivity index (χ1n) is 8.65. The van der Waals surface area contributed by atoms with E-state index >= 15 is 0 Å². The molecule has 0 aliphatic heterocycles. The fourth-order valence-corrected chi connectivity index (χ4v) is 3.30. The van der Waals surface area contributed by atoms with Crippen LogP contribution in [0.1, 0.15) is 36.8 Å². The Morgan fingerprint density at radius 1 is 1.35 bits per heavy atom. The van der Waals surface area contributed by atoms with Crippen molar-refractivity contribution < 1.29 is 18.8 Å². The topological polar surface area (TPSA) is 73.6 Å². The Morgan fingerprint density at radius 2 is 2.15 bits per heavy atom. The molecule has 26 heavy (non-hydrogen) atoms. The molecule has 142 valence electrons. The number of carbonyl (C=O) groups excluding carboxylic acids is 1. The minimum atomic E-state index is -0.0876. The number of nitrogens with zero attached hydrogens (tertiary/aromatic N) is 1. The highest BCUT2D eigenvalue weighted by Gasteiger charge is 2.12. The molecule has 2 aromatic rings. The van der Waals surface area contributed by atoms with Gasteiger partial charge in [0, 0.05) is 17.4 Å². The molecule has 6 nitrogen and oxygen atoms in total. The van der Waals surface area contributed by atoms with Crippen LogP contribution in [-0.4, -0.2) is 30.5 Å². The van der Waals surface area contributed by atoms with Crippen molar-refractivity contribution in [1.82, 2.24) is 5.16 Å². The molecular weight excluding hydrogens is 352 g/mol. The monoisotopic (exact) mass is 378 g/mol. The Morgan fingerprint density at radius 3 is 2.81 bits per heavy atom. The number of aryl methyl sites for hydroxylation is 2. The SMILES string of the molecule is CCCCOc1ccc(OC)cc1NC(=O)CSCc1c(C)noc1C. The molecule has 0 bridgehead atoms. The van der Waals surface area contributed by atoms with E-state index in [-0.39, 0.29) is 5.91 Å². The number of rotatable bonds is 10. The van der Waals surface area contributed by atoms with Crippen LogP contribution in [0.25, 0.3) is 0 Å². The molecule has 1 heterocycles. The van der Waals surface area contributed by atoms with Gasteiger partial charge in [-0.2, -0.15) is 0 Å². The van der Waals surface area contributed by atoms with Crippen LogP contribution >= 0.6 is 11.8 Å². The number of benzene rings is 1. The number of thioether (sulfide) groups is 1. The minimum absolute atomic E-state index is 0.0876. The van der Waals surface area contributed by atoms with E-state index in [1.807, 2.05) is 26.0 Å². The molecule has 0 unspecified atom stereocenters. The number of carbonyl (C=O) groups is 1. The van der Waals surface area contributed by atoms with Gasteiger partial charge in [-0.3, -0.25) is 4.79 Å². The number of methoxy groups -OCH3 is 1. The lowest BCUT2D eigenvalue weighted by Gasteiger charge is -2.13. The zero-order valence-electron chi connectivity index (χ0n) is 15.8. The number of ether oxygens (including phenoxy) is 2. The third-order valence-corrected chi connectivity index (χ3v) is 4.84. The van der Waals surface area contributed by atoms with Gasteiger partial charge in [0.05, 0.1) is 30.9 Å². The van der Waals surface area contributed by atoms with Crippen molar-refractivity contribution in [3.63, 3.8) is 0 Å². The molecule has 0 saturated heterocycles. The molecular formula is C19H26N2O4S. The Balaban J connectivity index is 1.93. The molecule has 0 spiro atoms. The fourth-order valence-electron chi connectivity index (χ4n) is 2.33. The molecule has 7 heteroatoms. The predicted molar refractivity (Wildman–Crippen MR) is 104 cm³/mol. The summed E-state index contributed by atoms with van der Waals surface area (Å²) in [5.74, 6) is 3.06. The Hall–Kier alpha value is -2.15. The zero-order valence-corrected chi connectivity index (χ0v) is 16.6. The van der Waals surface area contributed by atoms with Crippen LogP contribution in [-0.2, 0) is 10.5 Å². The third-order valence-electron chi connectivity index (χ3n) is 3.88. The largest absolute Gasteiger partial charge is 0.497 e. The highest BCUT2D eigenvalue weighted by atomic mass is 32.2. The maximum absolute atomic E-state index is 12.3. The second kappa shape index (κ2) is 10.1. The summed E-state index contributed by atoms with van der Waals surface area (Å²) in [5, 5.41) is 6.85. The predicted octanol–water partition coefficient (Wildman–Crippen LogP) is 4.35. The number of aromatic nitrogens is 1. The van der Waals surface area contributed by atoms with Gasteiger partial charge in [0.25, 0.3) is 0 Å². The van der Waals surface area contributed by atoms with E-state index in [1.165, 1.54) is 11.8 Å². The van der Waals surface area contributed by atoms with Crippen LogP contribution in [0.15, 0.2) is 22.7 Å². The Labute approximate surface area is 158 Å². The van der Waals surface area contributed by atoms with E-state index in [4.69, 9.17) is 14.0 Å². The Bertz CT molecular complexity index is 711. The number of hydrogen-bond acceptors (Lipinski definition) is 6. The van der Waals surface area contributed by atoms with Crippen LogP contribution in [0, 0.1) is 13.8 Å². The van der Waals surface area contributed by atoms with Gasteiger partial charge in [-0.1, -0.05) is 18.5 Å². The van der Waals surface area contributed by atoms with E-state index in [0.29, 0.717) is 35.3 Å². The van der Waals surface area contributed by atoms with Gasteiger partial charge in [-0.15, -0.1) is 11.8 Å². The summed E-state index contributed by atoms with van der Waals surface area (Å²) >= 11 is 1.52. The first kappa shape index (κ1) is 20.2. The van der Waals surface area contributed by atoms with Crippen molar-refractivity contribution in [1.29, 1.82) is 0 Å². The van der Waals surface area contributed by atoms with Crippen LogP contribution in [0.2, 0.25) is 0 Å². The van der Waals surface area contributed by atoms with E-state index < -0.39 is 0 Å². The summed E-state index contributed by atoms with van der Waals surface area (Å²) in [5.41, 5.74) is 2.55. The molecule has 0 aliphatic carbocycles. The standard InChI is InChI=1S/C19H26N2O4S/c1-5-6-9-24-18-8-7-15(23-4)10-17(18)20-19(22)12-26-11-16-13(2)21-25-14(16)3/h7-8,10H,5-6,9,11-12H2,1-4H3,(H,20,22). The minimum Gasteiger partial charge on any atom is -0.497 e. The van der Waals surface area contributed by atoms with Crippen LogP contribution in [0.3, 0.4) is 0 Å². The van der Waals surface area contributed by atoms with Crippen LogP contribution < -0.4 is 14.8 Å². The van der Waals surface area contributed by atoms with E-state index in [0.717, 1.165) is 29.9 Å². The Kier molecular flexibility index (Phi) is 7.84. The second-order valence-corrected chi connectivity index (χ2v) is 6.89. The molecule has 1 amide bonds. The van der Waals surface area contributed by atoms with Gasteiger partial charge >= 0.3 is 0 Å². The maximum atomic E-state index is 12.3. The van der Waals surface area contributed by atoms with Gasteiger partial charge in [0.2, 0.25) is 5.91 Å². The van der Waals surface area contributed by atoms with Crippen molar-refractivity contribution in [3.05, 3.63) is 35.2 Å². The van der Waals surface area contributed by atoms with Crippen molar-refractivity contribution in [3.8, 4) is 11.5 Å². The molecule has 0 saturated carbocycles. The van der Waals surface area contributed by atoms with E-state index in [1.54, 1.807) is 13.2 Å². The third kappa shape index (κ3) is 5.69. The molecule has 1 aromatic heterocycles. The summed E-state index contributed by atoms with van der Waals surface area (Å²) in [7, 11) is 1.60. The average molecular weight is 378 g/mol. The number of hydrogen-bond donors (Lipinski definition) is 1. The quantitative estimate of drug-likeness (QED) is 0.620. The molecule has 2 rings (SSSR count). The summed E-state index contributed by atoms with van der Waals surface area (Å²) < 4.78 is 16.2. The highest BCUT2D eigenvalue weighted by Crippen LogP contribution is 2.30. The van der Waals surface area contributed by atoms with Gasteiger partial charge in [-0.25, -0.2) is 0 Å².